The predicted molar refractivity (Wildman–Crippen MR) is 182 cm³/mol. The van der Waals surface area contributed by atoms with Crippen LogP contribution in [-0.4, -0.2) is 11.2 Å². The van der Waals surface area contributed by atoms with Crippen LogP contribution < -0.4 is 9.47 Å². The average Bonchev–Trinajstić information content (AvgIpc) is 3.42. The quantitative estimate of drug-likeness (QED) is 0.194. The summed E-state index contributed by atoms with van der Waals surface area (Å²) in [5, 5.41) is 5.23. The summed E-state index contributed by atoms with van der Waals surface area (Å²) in [6, 6.07) is 32.1. The van der Waals surface area contributed by atoms with Crippen molar-refractivity contribution in [2.45, 2.75) is 101 Å². The molecule has 2 nitrogen and oxygen atoms in total. The van der Waals surface area contributed by atoms with Gasteiger partial charge in [0.2, 0.25) is 0 Å². The van der Waals surface area contributed by atoms with Gasteiger partial charge in [0.25, 0.3) is 0 Å². The van der Waals surface area contributed by atoms with E-state index in [2.05, 4.69) is 113 Å². The Hall–Kier alpha value is -3.78. The molecule has 2 fully saturated rings. The van der Waals surface area contributed by atoms with Crippen LogP contribution in [0, 0.1) is 0 Å². The van der Waals surface area contributed by atoms with Crippen molar-refractivity contribution in [3.8, 4) is 33.8 Å². The lowest BCUT2D eigenvalue weighted by Crippen LogP contribution is -2.49. The molecule has 222 valence electrons. The minimum absolute atomic E-state index is 0.0400. The van der Waals surface area contributed by atoms with Gasteiger partial charge in [0.05, 0.1) is 0 Å². The van der Waals surface area contributed by atoms with Crippen LogP contribution >= 0.6 is 0 Å². The van der Waals surface area contributed by atoms with Crippen LogP contribution in [0.3, 0.4) is 0 Å². The second-order valence-corrected chi connectivity index (χ2v) is 15.0. The molecule has 5 aromatic carbocycles. The second kappa shape index (κ2) is 8.90. The van der Waals surface area contributed by atoms with Gasteiger partial charge in [-0.15, -0.1) is 0 Å². The van der Waals surface area contributed by atoms with Crippen LogP contribution in [0.1, 0.15) is 90.2 Å². The molecule has 4 atom stereocenters. The first-order chi connectivity index (χ1) is 21.2. The fraction of sp³-hybridized carbons (Fsp3) is 0.381. The summed E-state index contributed by atoms with van der Waals surface area (Å²) in [5.74, 6) is 2.16. The number of benzene rings is 5. The number of rotatable bonds is 2. The molecule has 2 heteroatoms. The third-order valence-corrected chi connectivity index (χ3v) is 12.8. The third kappa shape index (κ3) is 3.32. The monoisotopic (exact) mass is 578 g/mol. The zero-order valence-electron chi connectivity index (χ0n) is 26.6. The summed E-state index contributed by atoms with van der Waals surface area (Å²) in [7, 11) is 0. The lowest BCUT2D eigenvalue weighted by molar-refractivity contribution is 0.00727. The molecule has 4 aliphatic rings. The molecule has 9 rings (SSSR count). The maximum Gasteiger partial charge on any atom is 0.124 e. The van der Waals surface area contributed by atoms with Crippen molar-refractivity contribution in [3.05, 3.63) is 96.1 Å². The Kier molecular flexibility index (Phi) is 5.38. The van der Waals surface area contributed by atoms with Crippen molar-refractivity contribution in [2.24, 2.45) is 0 Å². The fourth-order valence-electron chi connectivity index (χ4n) is 9.78. The number of ether oxygens (including phenoxy) is 2. The summed E-state index contributed by atoms with van der Waals surface area (Å²) in [6.45, 7) is 9.56. The first-order valence-electron chi connectivity index (χ1n) is 16.9. The molecule has 0 aromatic heterocycles. The van der Waals surface area contributed by atoms with Crippen molar-refractivity contribution in [1.29, 1.82) is 0 Å². The minimum atomic E-state index is -0.122. The van der Waals surface area contributed by atoms with Crippen molar-refractivity contribution in [1.82, 2.24) is 0 Å². The largest absolute Gasteiger partial charge is 0.486 e. The van der Waals surface area contributed by atoms with E-state index < -0.39 is 0 Å². The van der Waals surface area contributed by atoms with E-state index in [1.807, 2.05) is 0 Å². The highest BCUT2D eigenvalue weighted by Gasteiger charge is 2.56. The Morgan fingerprint density at radius 3 is 1.20 bits per heavy atom. The number of fused-ring (bicyclic) bond motifs is 8. The summed E-state index contributed by atoms with van der Waals surface area (Å²) < 4.78 is 13.4. The van der Waals surface area contributed by atoms with Gasteiger partial charge in [0.15, 0.2) is 0 Å². The first-order valence-corrected chi connectivity index (χ1v) is 16.9. The molecule has 4 unspecified atom stereocenters. The van der Waals surface area contributed by atoms with Gasteiger partial charge in [-0.05, 0) is 120 Å². The van der Waals surface area contributed by atoms with Crippen LogP contribution in [0.4, 0.5) is 0 Å². The Bertz CT molecular complexity index is 1800. The molecular weight excluding hydrogens is 536 g/mol. The molecule has 2 saturated carbocycles. The van der Waals surface area contributed by atoms with Gasteiger partial charge in [-0.3, -0.25) is 0 Å². The van der Waals surface area contributed by atoms with Crippen molar-refractivity contribution in [3.63, 3.8) is 0 Å². The van der Waals surface area contributed by atoms with Gasteiger partial charge in [-0.2, -0.15) is 0 Å². The highest BCUT2D eigenvalue weighted by molar-refractivity contribution is 6.21. The van der Waals surface area contributed by atoms with Crippen molar-refractivity contribution in [2.75, 3.05) is 0 Å². The molecule has 5 aromatic rings. The molecule has 0 bridgehead atoms. The maximum atomic E-state index is 6.72. The van der Waals surface area contributed by atoms with E-state index in [-0.39, 0.29) is 22.0 Å². The van der Waals surface area contributed by atoms with Crippen LogP contribution in [0.2, 0.25) is 0 Å². The molecule has 0 spiro atoms. The highest BCUT2D eigenvalue weighted by atomic mass is 16.5. The Morgan fingerprint density at radius 1 is 0.455 bits per heavy atom. The van der Waals surface area contributed by atoms with E-state index in [4.69, 9.17) is 9.47 Å². The molecule has 0 radical (unpaired) electrons. The van der Waals surface area contributed by atoms with Gasteiger partial charge < -0.3 is 9.47 Å². The van der Waals surface area contributed by atoms with Gasteiger partial charge in [-0.1, -0.05) is 87.4 Å². The van der Waals surface area contributed by atoms with Crippen LogP contribution in [-0.2, 0) is 10.8 Å². The standard InChI is InChI=1S/C42H42O2/c1-39-21-9-11-23-41(39,3)43-35-19-17-27(25-33(35)39)37-29-13-5-7-15-31(29)38(32-16-8-6-14-30(32)37)28-18-20-36-34(26-28)40(2)22-10-12-24-42(40,4)44-36/h5-8,13-20,25-26H,9-12,21-24H2,1-4H3. The van der Waals surface area contributed by atoms with Gasteiger partial charge in [0, 0.05) is 22.0 Å². The van der Waals surface area contributed by atoms with Gasteiger partial charge in [0.1, 0.15) is 22.7 Å². The summed E-state index contributed by atoms with van der Waals surface area (Å²) >= 11 is 0. The molecule has 0 saturated heterocycles. The Balaban J connectivity index is 1.28. The lowest BCUT2D eigenvalue weighted by atomic mass is 9.62. The molecule has 0 amide bonds. The smallest absolute Gasteiger partial charge is 0.124 e. The third-order valence-electron chi connectivity index (χ3n) is 12.8. The van der Waals surface area contributed by atoms with Gasteiger partial charge >= 0.3 is 0 Å². The van der Waals surface area contributed by atoms with E-state index in [0.717, 1.165) is 24.3 Å². The number of hydrogen-bond acceptors (Lipinski definition) is 2. The summed E-state index contributed by atoms with van der Waals surface area (Å²) in [4.78, 5) is 0. The maximum absolute atomic E-state index is 6.72. The first kappa shape index (κ1) is 26.6. The Morgan fingerprint density at radius 2 is 0.818 bits per heavy atom. The molecular formula is C42H42O2. The van der Waals surface area contributed by atoms with Crippen LogP contribution in [0.5, 0.6) is 11.5 Å². The minimum Gasteiger partial charge on any atom is -0.486 e. The molecule has 2 aliphatic heterocycles. The fourth-order valence-corrected chi connectivity index (χ4v) is 9.78. The summed E-state index contributed by atoms with van der Waals surface area (Å²) in [5.41, 5.74) is 7.83. The highest BCUT2D eigenvalue weighted by Crippen LogP contribution is 2.59. The zero-order chi connectivity index (χ0) is 29.9. The molecule has 44 heavy (non-hydrogen) atoms. The lowest BCUT2D eigenvalue weighted by Gasteiger charge is -2.43. The summed E-state index contributed by atoms with van der Waals surface area (Å²) in [6.07, 6.45) is 9.64. The van der Waals surface area contributed by atoms with E-state index in [1.54, 1.807) is 0 Å². The van der Waals surface area contributed by atoms with E-state index in [9.17, 15) is 0 Å². The SMILES string of the molecule is CC12CCCCC1(C)c1cc(-c3c4ccccc4c(-c4ccc5c(c4)C4(C)CCCCC4(C)O5)c4ccccc34)ccc1O2. The molecule has 2 aliphatic carbocycles. The van der Waals surface area contributed by atoms with Crippen LogP contribution in [0.25, 0.3) is 43.8 Å². The zero-order valence-corrected chi connectivity index (χ0v) is 26.6. The van der Waals surface area contributed by atoms with Gasteiger partial charge in [-0.25, -0.2) is 0 Å². The van der Waals surface area contributed by atoms with E-state index in [1.165, 1.54) is 93.5 Å². The van der Waals surface area contributed by atoms with Crippen molar-refractivity contribution < 1.29 is 9.47 Å². The second-order valence-electron chi connectivity index (χ2n) is 15.0. The Labute approximate surface area is 261 Å². The van der Waals surface area contributed by atoms with Crippen molar-refractivity contribution >= 4 is 21.5 Å². The molecule has 2 heterocycles. The normalized spacial score (nSPS) is 30.3. The van der Waals surface area contributed by atoms with E-state index in [0.29, 0.717) is 0 Å². The van der Waals surface area contributed by atoms with E-state index >= 15 is 0 Å². The topological polar surface area (TPSA) is 18.5 Å². The average molecular weight is 579 g/mol. The number of hydrogen-bond donors (Lipinski definition) is 0. The molecule has 0 N–H and O–H groups in total. The predicted octanol–water partition coefficient (Wildman–Crippen LogP) is 11.3. The van der Waals surface area contributed by atoms with Crippen LogP contribution in [0.15, 0.2) is 84.9 Å².